The van der Waals surface area contributed by atoms with Crippen LogP contribution in [0.3, 0.4) is 0 Å². The second kappa shape index (κ2) is 9.56. The van der Waals surface area contributed by atoms with Crippen molar-refractivity contribution in [2.45, 2.75) is 13.0 Å². The number of rotatable bonds is 3. The first-order valence-electron chi connectivity index (χ1n) is 8.35. The Morgan fingerprint density at radius 3 is 2.62 bits per heavy atom. The molecule has 3 rings (SSSR count). The Bertz CT molecular complexity index is 793. The van der Waals surface area contributed by atoms with E-state index in [0.29, 0.717) is 6.54 Å². The molecule has 0 saturated heterocycles. The molecule has 0 aromatic heterocycles. The van der Waals surface area contributed by atoms with Gasteiger partial charge in [0, 0.05) is 26.7 Å². The van der Waals surface area contributed by atoms with Crippen LogP contribution in [0.5, 0.6) is 5.75 Å². The summed E-state index contributed by atoms with van der Waals surface area (Å²) in [7, 11) is 1.75. The van der Waals surface area contributed by atoms with Crippen molar-refractivity contribution >= 4 is 35.5 Å². The van der Waals surface area contributed by atoms with Crippen molar-refractivity contribution in [3.63, 3.8) is 0 Å². The molecule has 0 fully saturated rings. The average Bonchev–Trinajstić information content (AvgIpc) is 2.66. The Balaban J connectivity index is 0.00000243. The number of phenolic OH excluding ortho intramolecular Hbond substituents is 1. The zero-order valence-corrected chi connectivity index (χ0v) is 17.0. The van der Waals surface area contributed by atoms with Crippen molar-refractivity contribution in [1.29, 1.82) is 0 Å². The Morgan fingerprint density at radius 1 is 1.23 bits per heavy atom. The van der Waals surface area contributed by atoms with E-state index in [-0.39, 0.29) is 29.7 Å². The third-order valence-corrected chi connectivity index (χ3v) is 4.33. The SMILES string of the molecule is CN=C(NCc1ccc(O)c(F)c1)N1CC=C(c2ccccc2)CC1.I. The van der Waals surface area contributed by atoms with Crippen molar-refractivity contribution in [1.82, 2.24) is 10.2 Å². The number of nitrogens with one attached hydrogen (secondary N) is 1. The lowest BCUT2D eigenvalue weighted by molar-refractivity contribution is 0.430. The molecule has 0 radical (unpaired) electrons. The highest BCUT2D eigenvalue weighted by Gasteiger charge is 2.16. The van der Waals surface area contributed by atoms with E-state index in [4.69, 9.17) is 0 Å². The number of benzene rings is 2. The molecule has 26 heavy (non-hydrogen) atoms. The van der Waals surface area contributed by atoms with Gasteiger partial charge in [0.15, 0.2) is 17.5 Å². The predicted molar refractivity (Wildman–Crippen MR) is 114 cm³/mol. The van der Waals surface area contributed by atoms with Gasteiger partial charge >= 0.3 is 0 Å². The van der Waals surface area contributed by atoms with Gasteiger partial charge in [0.05, 0.1) is 0 Å². The summed E-state index contributed by atoms with van der Waals surface area (Å²) in [4.78, 5) is 6.49. The van der Waals surface area contributed by atoms with Gasteiger partial charge in [0.1, 0.15) is 0 Å². The van der Waals surface area contributed by atoms with Crippen molar-refractivity contribution in [3.8, 4) is 5.75 Å². The van der Waals surface area contributed by atoms with Crippen LogP contribution in [0.15, 0.2) is 59.6 Å². The second-order valence-electron chi connectivity index (χ2n) is 5.98. The van der Waals surface area contributed by atoms with E-state index in [2.05, 4.69) is 45.6 Å². The number of guanidine groups is 1. The molecule has 2 aromatic rings. The maximum atomic E-state index is 13.4. The van der Waals surface area contributed by atoms with Crippen LogP contribution in [-0.4, -0.2) is 36.1 Å². The molecule has 1 aliphatic heterocycles. The highest BCUT2D eigenvalue weighted by Crippen LogP contribution is 2.22. The van der Waals surface area contributed by atoms with Crippen molar-refractivity contribution in [3.05, 3.63) is 71.6 Å². The highest BCUT2D eigenvalue weighted by atomic mass is 127. The Hall–Kier alpha value is -2.09. The molecule has 1 aliphatic rings. The molecule has 0 saturated carbocycles. The Labute approximate surface area is 170 Å². The summed E-state index contributed by atoms with van der Waals surface area (Å²) < 4.78 is 13.4. The summed E-state index contributed by atoms with van der Waals surface area (Å²) in [5.74, 6) is -0.151. The lowest BCUT2D eigenvalue weighted by Crippen LogP contribution is -2.43. The van der Waals surface area contributed by atoms with Gasteiger partial charge in [-0.25, -0.2) is 4.39 Å². The minimum absolute atomic E-state index is 0. The standard InChI is InChI=1S/C20H22FN3O.HI/c1-22-20(23-14-15-7-8-19(25)18(21)13-15)24-11-9-17(10-12-24)16-5-3-2-4-6-16;/h2-9,13,25H,10-12,14H2,1H3,(H,22,23);1H. The van der Waals surface area contributed by atoms with Gasteiger partial charge in [0.2, 0.25) is 0 Å². The summed E-state index contributed by atoms with van der Waals surface area (Å²) in [5, 5.41) is 12.5. The molecule has 2 aromatic carbocycles. The molecule has 4 nitrogen and oxygen atoms in total. The zero-order chi connectivity index (χ0) is 17.6. The molecule has 0 unspecified atom stereocenters. The maximum Gasteiger partial charge on any atom is 0.194 e. The molecule has 1 heterocycles. The quantitative estimate of drug-likeness (QED) is 0.408. The lowest BCUT2D eigenvalue weighted by atomic mass is 10.00. The first kappa shape index (κ1) is 20.2. The van der Waals surface area contributed by atoms with Gasteiger partial charge in [-0.15, -0.1) is 24.0 Å². The van der Waals surface area contributed by atoms with Gasteiger partial charge in [0.25, 0.3) is 0 Å². The van der Waals surface area contributed by atoms with E-state index < -0.39 is 5.82 Å². The smallest absolute Gasteiger partial charge is 0.194 e. The van der Waals surface area contributed by atoms with Crippen LogP contribution in [0.1, 0.15) is 17.5 Å². The number of aromatic hydroxyl groups is 1. The van der Waals surface area contributed by atoms with Crippen LogP contribution in [0, 0.1) is 5.82 Å². The van der Waals surface area contributed by atoms with E-state index in [1.165, 1.54) is 23.3 Å². The van der Waals surface area contributed by atoms with E-state index in [1.807, 2.05) is 6.07 Å². The number of phenols is 1. The van der Waals surface area contributed by atoms with E-state index in [1.54, 1.807) is 13.1 Å². The van der Waals surface area contributed by atoms with Crippen LogP contribution in [-0.2, 0) is 6.54 Å². The van der Waals surface area contributed by atoms with E-state index >= 15 is 0 Å². The summed E-state index contributed by atoms with van der Waals surface area (Å²) in [5.41, 5.74) is 3.38. The topological polar surface area (TPSA) is 47.9 Å². The van der Waals surface area contributed by atoms with Crippen LogP contribution in [0.25, 0.3) is 5.57 Å². The molecule has 0 bridgehead atoms. The van der Waals surface area contributed by atoms with Gasteiger partial charge in [-0.3, -0.25) is 4.99 Å². The largest absolute Gasteiger partial charge is 0.505 e. The Kier molecular flexibility index (Phi) is 7.44. The molecule has 6 heteroatoms. The first-order valence-corrected chi connectivity index (χ1v) is 8.35. The molecule has 0 spiro atoms. The molecule has 0 amide bonds. The third kappa shape index (κ3) is 4.97. The normalized spacial score (nSPS) is 14.5. The van der Waals surface area contributed by atoms with Crippen molar-refractivity contribution < 1.29 is 9.50 Å². The van der Waals surface area contributed by atoms with Crippen LogP contribution < -0.4 is 5.32 Å². The number of hydrogen-bond acceptors (Lipinski definition) is 2. The van der Waals surface area contributed by atoms with E-state index in [9.17, 15) is 9.50 Å². The number of halogens is 2. The minimum Gasteiger partial charge on any atom is -0.505 e. The number of nitrogens with zero attached hydrogens (tertiary/aromatic N) is 2. The summed E-state index contributed by atoms with van der Waals surface area (Å²) in [6.07, 6.45) is 3.18. The van der Waals surface area contributed by atoms with Crippen LogP contribution >= 0.6 is 24.0 Å². The fourth-order valence-corrected chi connectivity index (χ4v) is 2.95. The summed E-state index contributed by atoms with van der Waals surface area (Å²) in [6.45, 7) is 2.12. The van der Waals surface area contributed by atoms with Gasteiger partial charge in [-0.1, -0.05) is 42.5 Å². The monoisotopic (exact) mass is 467 g/mol. The second-order valence-corrected chi connectivity index (χ2v) is 5.98. The molecule has 0 atom stereocenters. The molecular formula is C20H23FIN3O. The summed E-state index contributed by atoms with van der Waals surface area (Å²) in [6, 6.07) is 14.8. The number of aliphatic imine (C=N–C) groups is 1. The van der Waals surface area contributed by atoms with Crippen LogP contribution in [0.2, 0.25) is 0 Å². The molecule has 138 valence electrons. The van der Waals surface area contributed by atoms with Gasteiger partial charge in [-0.2, -0.15) is 0 Å². The predicted octanol–water partition coefficient (Wildman–Crippen LogP) is 4.01. The fraction of sp³-hybridized carbons (Fsp3) is 0.250. The van der Waals surface area contributed by atoms with E-state index in [0.717, 1.165) is 31.0 Å². The van der Waals surface area contributed by atoms with Gasteiger partial charge in [-0.05, 0) is 35.3 Å². The minimum atomic E-state index is -0.609. The number of hydrogen-bond donors (Lipinski definition) is 2. The van der Waals surface area contributed by atoms with Gasteiger partial charge < -0.3 is 15.3 Å². The summed E-state index contributed by atoms with van der Waals surface area (Å²) >= 11 is 0. The Morgan fingerprint density at radius 2 is 2.00 bits per heavy atom. The van der Waals surface area contributed by atoms with Crippen molar-refractivity contribution in [2.24, 2.45) is 4.99 Å². The zero-order valence-electron chi connectivity index (χ0n) is 14.7. The average molecular weight is 467 g/mol. The lowest BCUT2D eigenvalue weighted by Gasteiger charge is -2.29. The molecular weight excluding hydrogens is 444 g/mol. The van der Waals surface area contributed by atoms with Crippen molar-refractivity contribution in [2.75, 3.05) is 20.1 Å². The third-order valence-electron chi connectivity index (χ3n) is 4.33. The maximum absolute atomic E-state index is 13.4. The molecule has 0 aliphatic carbocycles. The first-order chi connectivity index (χ1) is 12.2. The fourth-order valence-electron chi connectivity index (χ4n) is 2.95. The van der Waals surface area contributed by atoms with Crippen LogP contribution in [0.4, 0.5) is 4.39 Å². The highest BCUT2D eigenvalue weighted by molar-refractivity contribution is 14.0. The molecule has 2 N–H and O–H groups in total.